The number of aliphatic hydroxyl groups excluding tert-OH is 1. The molecular formula is C12H20N4O3S. The van der Waals surface area contributed by atoms with Crippen molar-refractivity contribution in [1.29, 1.82) is 0 Å². The number of thioether (sulfide) groups is 1. The maximum atomic E-state index is 10.9. The third kappa shape index (κ3) is 3.50. The molecule has 0 spiro atoms. The van der Waals surface area contributed by atoms with Gasteiger partial charge in [0.1, 0.15) is 11.4 Å². The van der Waals surface area contributed by atoms with Crippen LogP contribution in [0.1, 0.15) is 17.8 Å². The summed E-state index contributed by atoms with van der Waals surface area (Å²) in [6, 6.07) is 0.462. The van der Waals surface area contributed by atoms with Crippen LogP contribution < -0.4 is 5.32 Å². The van der Waals surface area contributed by atoms with Gasteiger partial charge in [-0.2, -0.15) is 16.9 Å². The lowest BCUT2D eigenvalue weighted by Gasteiger charge is -2.16. The molecule has 0 amide bonds. The maximum absolute atomic E-state index is 10.9. The summed E-state index contributed by atoms with van der Waals surface area (Å²) in [5, 5.41) is 28.4. The topological polar surface area (TPSA) is 93.2 Å². The zero-order valence-electron chi connectivity index (χ0n) is 11.7. The number of aryl methyl sites for hydroxylation is 1. The summed E-state index contributed by atoms with van der Waals surface area (Å²) >= 11 is 1.91. The van der Waals surface area contributed by atoms with Crippen molar-refractivity contribution in [2.24, 2.45) is 0 Å². The van der Waals surface area contributed by atoms with E-state index >= 15 is 0 Å². The predicted octanol–water partition coefficient (Wildman–Crippen LogP) is 0.864. The lowest BCUT2D eigenvalue weighted by Crippen LogP contribution is -2.37. The van der Waals surface area contributed by atoms with Crippen molar-refractivity contribution in [2.75, 3.05) is 18.1 Å². The molecule has 1 aliphatic heterocycles. The second-order valence-electron chi connectivity index (χ2n) is 5.08. The number of nitrogens with one attached hydrogen (secondary N) is 1. The lowest BCUT2D eigenvalue weighted by molar-refractivity contribution is -0.386. The van der Waals surface area contributed by atoms with Gasteiger partial charge in [-0.25, -0.2) is 0 Å². The first kappa shape index (κ1) is 15.3. The van der Waals surface area contributed by atoms with E-state index in [4.69, 9.17) is 0 Å². The van der Waals surface area contributed by atoms with Crippen LogP contribution in [0.25, 0.3) is 0 Å². The second-order valence-corrected chi connectivity index (χ2v) is 6.23. The molecule has 112 valence electrons. The Hall–Kier alpha value is -1.12. The van der Waals surface area contributed by atoms with Gasteiger partial charge >= 0.3 is 5.69 Å². The van der Waals surface area contributed by atoms with Crippen molar-refractivity contribution in [3.63, 3.8) is 0 Å². The maximum Gasteiger partial charge on any atom is 0.312 e. The molecule has 2 N–H and O–H groups in total. The molecule has 1 aromatic rings. The third-order valence-corrected chi connectivity index (χ3v) is 4.64. The number of hydrogen-bond donors (Lipinski definition) is 2. The average molecular weight is 300 g/mol. The molecule has 0 aliphatic carbocycles. The zero-order valence-corrected chi connectivity index (χ0v) is 12.5. The van der Waals surface area contributed by atoms with Gasteiger partial charge in [0.05, 0.1) is 17.6 Å². The molecular weight excluding hydrogens is 280 g/mol. The van der Waals surface area contributed by atoms with Gasteiger partial charge in [-0.3, -0.25) is 14.8 Å². The summed E-state index contributed by atoms with van der Waals surface area (Å²) in [6.07, 6.45) is 0.529. The van der Waals surface area contributed by atoms with Crippen LogP contribution in [0.3, 0.4) is 0 Å². The third-order valence-electron chi connectivity index (χ3n) is 3.48. The highest BCUT2D eigenvalue weighted by Crippen LogP contribution is 2.22. The van der Waals surface area contributed by atoms with Crippen molar-refractivity contribution in [3.8, 4) is 0 Å². The summed E-state index contributed by atoms with van der Waals surface area (Å²) in [6.45, 7) is 4.03. The molecule has 1 aliphatic rings. The van der Waals surface area contributed by atoms with Crippen LogP contribution in [0.4, 0.5) is 5.69 Å². The quantitative estimate of drug-likeness (QED) is 0.598. The van der Waals surface area contributed by atoms with Crippen LogP contribution in [0, 0.1) is 24.0 Å². The molecule has 2 unspecified atom stereocenters. The normalized spacial score (nSPS) is 20.2. The number of aromatic nitrogens is 2. The van der Waals surface area contributed by atoms with Crippen LogP contribution in [0.15, 0.2) is 0 Å². The monoisotopic (exact) mass is 300 g/mol. The largest absolute Gasteiger partial charge is 0.390 e. The van der Waals surface area contributed by atoms with Gasteiger partial charge in [-0.05, 0) is 26.0 Å². The highest BCUT2D eigenvalue weighted by molar-refractivity contribution is 7.99. The van der Waals surface area contributed by atoms with Crippen LogP contribution >= 0.6 is 11.8 Å². The van der Waals surface area contributed by atoms with Crippen molar-refractivity contribution in [1.82, 2.24) is 15.1 Å². The Bertz CT molecular complexity index is 485. The molecule has 2 atom stereocenters. The minimum atomic E-state index is -0.599. The SMILES string of the molecule is Cc1nn(CC(O)CNC2CCSC2)c(C)c1[N+](=O)[O-]. The van der Waals surface area contributed by atoms with Gasteiger partial charge in [0, 0.05) is 18.3 Å². The van der Waals surface area contributed by atoms with E-state index in [1.807, 2.05) is 11.8 Å². The Morgan fingerprint density at radius 1 is 1.65 bits per heavy atom. The van der Waals surface area contributed by atoms with E-state index in [2.05, 4.69) is 10.4 Å². The van der Waals surface area contributed by atoms with Crippen molar-refractivity contribution < 1.29 is 10.0 Å². The number of nitro groups is 1. The summed E-state index contributed by atoms with van der Waals surface area (Å²) in [5.41, 5.74) is 0.917. The molecule has 2 heterocycles. The Balaban J connectivity index is 1.92. The number of hydrogen-bond acceptors (Lipinski definition) is 6. The summed E-state index contributed by atoms with van der Waals surface area (Å²) in [4.78, 5) is 10.5. The minimum Gasteiger partial charge on any atom is -0.390 e. The van der Waals surface area contributed by atoms with Gasteiger partial charge in [0.15, 0.2) is 0 Å². The fourth-order valence-electron chi connectivity index (χ4n) is 2.39. The molecule has 2 rings (SSSR count). The molecule has 0 radical (unpaired) electrons. The molecule has 0 saturated carbocycles. The van der Waals surface area contributed by atoms with E-state index in [9.17, 15) is 15.2 Å². The van der Waals surface area contributed by atoms with Gasteiger partial charge in [-0.15, -0.1) is 0 Å². The van der Waals surface area contributed by atoms with Gasteiger partial charge < -0.3 is 10.4 Å². The zero-order chi connectivity index (χ0) is 14.7. The Kier molecular flexibility index (Phi) is 5.00. The van der Waals surface area contributed by atoms with Gasteiger partial charge in [0.2, 0.25) is 0 Å². The first-order valence-corrected chi connectivity index (χ1v) is 7.82. The summed E-state index contributed by atoms with van der Waals surface area (Å²) in [7, 11) is 0. The first-order chi connectivity index (χ1) is 9.49. The van der Waals surface area contributed by atoms with Crippen LogP contribution in [-0.2, 0) is 6.54 Å². The van der Waals surface area contributed by atoms with Crippen LogP contribution in [0.2, 0.25) is 0 Å². The fraction of sp³-hybridized carbons (Fsp3) is 0.750. The number of rotatable bonds is 6. The predicted molar refractivity (Wildman–Crippen MR) is 78.1 cm³/mol. The average Bonchev–Trinajstić information content (AvgIpc) is 2.96. The molecule has 1 aromatic heterocycles. The first-order valence-electron chi connectivity index (χ1n) is 6.66. The molecule has 1 fully saturated rings. The number of nitrogens with zero attached hydrogens (tertiary/aromatic N) is 3. The molecule has 0 bridgehead atoms. The van der Waals surface area contributed by atoms with E-state index in [1.165, 1.54) is 4.68 Å². The van der Waals surface area contributed by atoms with E-state index in [0.717, 1.165) is 17.9 Å². The Morgan fingerprint density at radius 3 is 2.95 bits per heavy atom. The molecule has 1 saturated heterocycles. The van der Waals surface area contributed by atoms with E-state index < -0.39 is 11.0 Å². The lowest BCUT2D eigenvalue weighted by atomic mass is 10.2. The van der Waals surface area contributed by atoms with Gasteiger partial charge in [0.25, 0.3) is 0 Å². The molecule has 7 nitrogen and oxygen atoms in total. The van der Waals surface area contributed by atoms with E-state index in [0.29, 0.717) is 24.0 Å². The number of aliphatic hydroxyl groups is 1. The van der Waals surface area contributed by atoms with Crippen molar-refractivity contribution >= 4 is 17.4 Å². The molecule has 8 heteroatoms. The van der Waals surface area contributed by atoms with E-state index in [-0.39, 0.29) is 12.2 Å². The smallest absolute Gasteiger partial charge is 0.312 e. The minimum absolute atomic E-state index is 0.0392. The van der Waals surface area contributed by atoms with Crippen molar-refractivity contribution in [2.45, 2.75) is 39.0 Å². The molecule has 0 aromatic carbocycles. The fourth-order valence-corrected chi connectivity index (χ4v) is 3.58. The Labute approximate surface area is 121 Å². The van der Waals surface area contributed by atoms with Crippen LogP contribution in [-0.4, -0.2) is 50.0 Å². The standard InChI is InChI=1S/C12H20N4O3S/c1-8-12(16(18)19)9(2)15(14-8)6-11(17)5-13-10-3-4-20-7-10/h10-11,13,17H,3-7H2,1-2H3. The summed E-state index contributed by atoms with van der Waals surface area (Å²) < 4.78 is 1.52. The second kappa shape index (κ2) is 6.55. The summed E-state index contributed by atoms with van der Waals surface area (Å²) in [5.74, 6) is 2.25. The van der Waals surface area contributed by atoms with Crippen molar-refractivity contribution in [3.05, 3.63) is 21.5 Å². The van der Waals surface area contributed by atoms with Crippen LogP contribution in [0.5, 0.6) is 0 Å². The Morgan fingerprint density at radius 2 is 2.40 bits per heavy atom. The highest BCUT2D eigenvalue weighted by atomic mass is 32.2. The highest BCUT2D eigenvalue weighted by Gasteiger charge is 2.23. The van der Waals surface area contributed by atoms with Gasteiger partial charge in [-0.1, -0.05) is 0 Å². The molecule has 20 heavy (non-hydrogen) atoms. The van der Waals surface area contributed by atoms with E-state index in [1.54, 1.807) is 13.8 Å².